The quantitative estimate of drug-likeness (QED) is 0.628. The van der Waals surface area contributed by atoms with Crippen molar-refractivity contribution in [2.45, 2.75) is 65.5 Å². The Morgan fingerprint density at radius 3 is 2.48 bits per heavy atom. The maximum Gasteiger partial charge on any atom is 0.273 e. The highest BCUT2D eigenvalue weighted by molar-refractivity contribution is 6.06. The molecule has 168 valence electrons. The molecule has 1 aliphatic rings. The number of benzene rings is 1. The van der Waals surface area contributed by atoms with Gasteiger partial charge in [-0.15, -0.1) is 0 Å². The molecule has 0 unspecified atom stereocenters. The number of hydrogen-bond acceptors (Lipinski definition) is 4. The van der Waals surface area contributed by atoms with Crippen LogP contribution in [0.2, 0.25) is 0 Å². The number of carbonyl (C=O) groups excluding carboxylic acids is 3. The van der Waals surface area contributed by atoms with Crippen LogP contribution in [0.1, 0.15) is 63.4 Å². The van der Waals surface area contributed by atoms with E-state index in [-0.39, 0.29) is 6.54 Å². The van der Waals surface area contributed by atoms with Crippen molar-refractivity contribution in [2.75, 3.05) is 6.54 Å². The molecular weight excluding hydrogens is 394 g/mol. The van der Waals surface area contributed by atoms with Crippen LogP contribution in [0.5, 0.6) is 0 Å². The van der Waals surface area contributed by atoms with E-state index in [0.717, 1.165) is 17.4 Å². The summed E-state index contributed by atoms with van der Waals surface area (Å²) in [7, 11) is 0. The molecule has 0 bridgehead atoms. The number of para-hydroxylation sites is 1. The van der Waals surface area contributed by atoms with Gasteiger partial charge in [-0.05, 0) is 30.2 Å². The van der Waals surface area contributed by atoms with E-state index < -0.39 is 29.2 Å². The van der Waals surface area contributed by atoms with E-state index in [4.69, 9.17) is 5.73 Å². The maximum atomic E-state index is 13.2. The van der Waals surface area contributed by atoms with E-state index in [1.807, 2.05) is 49.7 Å². The van der Waals surface area contributed by atoms with Crippen molar-refractivity contribution < 1.29 is 14.4 Å². The number of nitrogens with zero attached hydrogens (tertiary/aromatic N) is 2. The molecule has 1 heterocycles. The molecule has 4 N–H and O–H groups in total. The van der Waals surface area contributed by atoms with E-state index in [9.17, 15) is 14.4 Å². The molecule has 8 heteroatoms. The van der Waals surface area contributed by atoms with Crippen LogP contribution in [-0.2, 0) is 16.1 Å². The van der Waals surface area contributed by atoms with Crippen LogP contribution in [-0.4, -0.2) is 40.1 Å². The highest BCUT2D eigenvalue weighted by atomic mass is 16.2. The predicted octanol–water partition coefficient (Wildman–Crippen LogP) is 2.36. The molecule has 0 saturated heterocycles. The van der Waals surface area contributed by atoms with Gasteiger partial charge in [-0.2, -0.15) is 5.10 Å². The predicted molar refractivity (Wildman–Crippen MR) is 119 cm³/mol. The third kappa shape index (κ3) is 5.62. The van der Waals surface area contributed by atoms with Gasteiger partial charge in [-0.1, -0.05) is 58.2 Å². The van der Waals surface area contributed by atoms with Crippen LogP contribution >= 0.6 is 0 Å². The van der Waals surface area contributed by atoms with Crippen molar-refractivity contribution in [3.63, 3.8) is 0 Å². The summed E-state index contributed by atoms with van der Waals surface area (Å²) in [4.78, 5) is 36.9. The highest BCUT2D eigenvalue weighted by Gasteiger charge is 2.34. The lowest BCUT2D eigenvalue weighted by Crippen LogP contribution is -2.54. The minimum Gasteiger partial charge on any atom is -0.368 e. The summed E-state index contributed by atoms with van der Waals surface area (Å²) in [5.41, 5.74) is 5.79. The minimum absolute atomic E-state index is 0.278. The first-order valence-electron chi connectivity index (χ1n) is 11.0. The Morgan fingerprint density at radius 1 is 1.16 bits per heavy atom. The molecule has 1 saturated carbocycles. The summed E-state index contributed by atoms with van der Waals surface area (Å²) in [6.07, 6.45) is 6.13. The van der Waals surface area contributed by atoms with Crippen molar-refractivity contribution in [1.82, 2.24) is 20.4 Å². The standard InChI is InChI=1S/C23H33N5O3/c1-23(2,3)20(22(31)25-13-18(24)29)26-21(30)19-16-11-7-8-12-17(16)28(27-19)14-15-9-5-4-6-10-15/h7-8,11-12,15,20H,4-6,9-10,13-14H2,1-3H3,(H2,24,29)(H,25,31)(H,26,30)/t20-/m1/s1. The van der Waals surface area contributed by atoms with Crippen molar-refractivity contribution in [3.8, 4) is 0 Å². The van der Waals surface area contributed by atoms with Gasteiger partial charge >= 0.3 is 0 Å². The molecule has 3 rings (SSSR count). The number of fused-ring (bicyclic) bond motifs is 1. The molecular formula is C23H33N5O3. The summed E-state index contributed by atoms with van der Waals surface area (Å²) in [6, 6.07) is 6.84. The number of amides is 3. The summed E-state index contributed by atoms with van der Waals surface area (Å²) in [5.74, 6) is -0.937. The number of carbonyl (C=O) groups is 3. The first-order chi connectivity index (χ1) is 14.7. The van der Waals surface area contributed by atoms with Crippen molar-refractivity contribution in [3.05, 3.63) is 30.0 Å². The lowest BCUT2D eigenvalue weighted by atomic mass is 9.86. The second-order valence-electron chi connectivity index (χ2n) is 9.51. The van der Waals surface area contributed by atoms with Gasteiger partial charge in [-0.3, -0.25) is 19.1 Å². The van der Waals surface area contributed by atoms with E-state index in [0.29, 0.717) is 11.6 Å². The summed E-state index contributed by atoms with van der Waals surface area (Å²) in [5, 5.41) is 10.7. The molecule has 31 heavy (non-hydrogen) atoms. The Hall–Kier alpha value is -2.90. The first kappa shape index (κ1) is 22.8. The van der Waals surface area contributed by atoms with E-state index >= 15 is 0 Å². The zero-order valence-corrected chi connectivity index (χ0v) is 18.6. The number of hydrogen-bond donors (Lipinski definition) is 3. The molecule has 0 spiro atoms. The fraction of sp³-hybridized carbons (Fsp3) is 0.565. The number of aromatic nitrogens is 2. The van der Waals surface area contributed by atoms with Crippen LogP contribution in [0.3, 0.4) is 0 Å². The molecule has 2 aromatic rings. The minimum atomic E-state index is -0.846. The average Bonchev–Trinajstić information content (AvgIpc) is 3.08. The van der Waals surface area contributed by atoms with Crippen LogP contribution in [0.15, 0.2) is 24.3 Å². The van der Waals surface area contributed by atoms with Gasteiger partial charge in [-0.25, -0.2) is 0 Å². The fourth-order valence-electron chi connectivity index (χ4n) is 4.20. The van der Waals surface area contributed by atoms with E-state index in [2.05, 4.69) is 15.7 Å². The summed E-state index contributed by atoms with van der Waals surface area (Å²) >= 11 is 0. The number of nitrogens with one attached hydrogen (secondary N) is 2. The number of rotatable bonds is 7. The largest absolute Gasteiger partial charge is 0.368 e. The second kappa shape index (κ2) is 9.49. The Morgan fingerprint density at radius 2 is 1.84 bits per heavy atom. The van der Waals surface area contributed by atoms with Crippen molar-refractivity contribution in [1.29, 1.82) is 0 Å². The number of nitrogens with two attached hydrogens (primary N) is 1. The van der Waals surface area contributed by atoms with Gasteiger partial charge in [0.1, 0.15) is 6.04 Å². The van der Waals surface area contributed by atoms with Gasteiger partial charge in [0, 0.05) is 11.9 Å². The van der Waals surface area contributed by atoms with Crippen LogP contribution < -0.4 is 16.4 Å². The SMILES string of the molecule is CC(C)(C)[C@H](NC(=O)c1nn(CC2CCCCC2)c2ccccc12)C(=O)NCC(N)=O. The van der Waals surface area contributed by atoms with Crippen molar-refractivity contribution >= 4 is 28.6 Å². The topological polar surface area (TPSA) is 119 Å². The van der Waals surface area contributed by atoms with Crippen LogP contribution in [0.4, 0.5) is 0 Å². The van der Waals surface area contributed by atoms with Gasteiger partial charge in [0.2, 0.25) is 11.8 Å². The average molecular weight is 428 g/mol. The third-order valence-corrected chi connectivity index (χ3v) is 5.87. The molecule has 1 aliphatic carbocycles. The van der Waals surface area contributed by atoms with Gasteiger partial charge in [0.05, 0.1) is 12.1 Å². The lowest BCUT2D eigenvalue weighted by Gasteiger charge is -2.30. The van der Waals surface area contributed by atoms with Crippen LogP contribution in [0, 0.1) is 11.3 Å². The smallest absolute Gasteiger partial charge is 0.273 e. The molecule has 1 atom stereocenters. The van der Waals surface area contributed by atoms with Gasteiger partial charge in [0.15, 0.2) is 5.69 Å². The first-order valence-corrected chi connectivity index (χ1v) is 11.0. The summed E-state index contributed by atoms with van der Waals surface area (Å²) < 4.78 is 1.93. The molecule has 1 aromatic heterocycles. The van der Waals surface area contributed by atoms with E-state index in [1.165, 1.54) is 32.1 Å². The second-order valence-corrected chi connectivity index (χ2v) is 9.51. The maximum absolute atomic E-state index is 13.2. The zero-order valence-electron chi connectivity index (χ0n) is 18.6. The van der Waals surface area contributed by atoms with Gasteiger partial charge in [0.25, 0.3) is 5.91 Å². The number of primary amides is 1. The Labute approximate surface area is 182 Å². The lowest BCUT2D eigenvalue weighted by molar-refractivity contribution is -0.128. The van der Waals surface area contributed by atoms with E-state index in [1.54, 1.807) is 0 Å². The molecule has 3 amide bonds. The Bertz CT molecular complexity index is 954. The normalized spacial score (nSPS) is 16.1. The van der Waals surface area contributed by atoms with Gasteiger partial charge < -0.3 is 16.4 Å². The zero-order chi connectivity index (χ0) is 22.6. The molecule has 1 fully saturated rings. The summed E-state index contributed by atoms with van der Waals surface area (Å²) in [6.45, 7) is 6.06. The fourth-order valence-corrected chi connectivity index (χ4v) is 4.20. The molecule has 8 nitrogen and oxygen atoms in total. The third-order valence-electron chi connectivity index (χ3n) is 5.87. The molecule has 1 aromatic carbocycles. The van der Waals surface area contributed by atoms with Crippen molar-refractivity contribution in [2.24, 2.45) is 17.1 Å². The Balaban J connectivity index is 1.84. The Kier molecular flexibility index (Phi) is 6.97. The molecule has 0 aliphatic heterocycles. The highest BCUT2D eigenvalue weighted by Crippen LogP contribution is 2.27. The van der Waals surface area contributed by atoms with Crippen LogP contribution in [0.25, 0.3) is 10.9 Å². The molecule has 0 radical (unpaired) electrons. The monoisotopic (exact) mass is 427 g/mol.